The summed E-state index contributed by atoms with van der Waals surface area (Å²) in [7, 11) is 2.18. The average molecular weight is 422 g/mol. The van der Waals surface area contributed by atoms with Crippen LogP contribution in [0.4, 0.5) is 5.69 Å². The Morgan fingerprint density at radius 3 is 2.68 bits per heavy atom. The molecule has 166 valence electrons. The van der Waals surface area contributed by atoms with Crippen LogP contribution < -0.4 is 15.0 Å². The van der Waals surface area contributed by atoms with Crippen LogP contribution in [0.15, 0.2) is 42.5 Å². The zero-order valence-corrected chi connectivity index (χ0v) is 18.9. The standard InChI is InChI=1S/C26H35N3O2/c1-20-9-4-5-11-25(20)31-19-26(30)27-18-24(29-15-6-3-7-16-29)22-12-13-23-21(17-22)10-8-14-28(23)2/h4-5,9,11-13,17,24H,3,6-8,10,14-16,18-19H2,1-2H3,(H,27,30)/t24-/m0/s1. The van der Waals surface area contributed by atoms with Gasteiger partial charge >= 0.3 is 0 Å². The molecular weight excluding hydrogens is 386 g/mol. The molecule has 1 amide bonds. The highest BCUT2D eigenvalue weighted by molar-refractivity contribution is 5.77. The highest BCUT2D eigenvalue weighted by atomic mass is 16.5. The van der Waals surface area contributed by atoms with E-state index in [9.17, 15) is 4.79 Å². The Morgan fingerprint density at radius 1 is 1.06 bits per heavy atom. The minimum atomic E-state index is -0.0667. The molecule has 1 fully saturated rings. The summed E-state index contributed by atoms with van der Waals surface area (Å²) in [5, 5.41) is 3.14. The molecule has 0 aromatic heterocycles. The monoisotopic (exact) mass is 421 g/mol. The quantitative estimate of drug-likeness (QED) is 0.731. The molecule has 0 unspecified atom stereocenters. The van der Waals surface area contributed by atoms with Crippen LogP contribution in [0.5, 0.6) is 5.75 Å². The van der Waals surface area contributed by atoms with Crippen molar-refractivity contribution < 1.29 is 9.53 Å². The Kier molecular flexibility index (Phi) is 7.13. The lowest BCUT2D eigenvalue weighted by atomic mass is 9.95. The van der Waals surface area contributed by atoms with E-state index in [1.165, 1.54) is 42.5 Å². The predicted octanol–water partition coefficient (Wildman–Crippen LogP) is 4.10. The van der Waals surface area contributed by atoms with Crippen molar-refractivity contribution in [1.29, 1.82) is 0 Å². The van der Waals surface area contributed by atoms with E-state index in [0.29, 0.717) is 6.54 Å². The summed E-state index contributed by atoms with van der Waals surface area (Å²) in [6, 6.07) is 14.9. The second-order valence-electron chi connectivity index (χ2n) is 8.88. The van der Waals surface area contributed by atoms with Gasteiger partial charge in [0.25, 0.3) is 5.91 Å². The third kappa shape index (κ3) is 5.40. The number of nitrogens with zero attached hydrogens (tertiary/aromatic N) is 2. The number of hydrogen-bond donors (Lipinski definition) is 1. The lowest BCUT2D eigenvalue weighted by Crippen LogP contribution is -2.41. The Bertz CT molecular complexity index is 892. The van der Waals surface area contributed by atoms with Crippen LogP contribution >= 0.6 is 0 Å². The molecule has 1 atom stereocenters. The molecule has 2 aliphatic heterocycles. The number of carbonyl (C=O) groups is 1. The number of nitrogens with one attached hydrogen (secondary N) is 1. The second kappa shape index (κ2) is 10.2. The van der Waals surface area contributed by atoms with E-state index in [4.69, 9.17) is 4.74 Å². The SMILES string of the molecule is Cc1ccccc1OCC(=O)NC[C@@H](c1ccc2c(c1)CCCN2C)N1CCCCC1. The lowest BCUT2D eigenvalue weighted by Gasteiger charge is -2.36. The number of rotatable bonds is 7. The molecule has 0 saturated carbocycles. The fourth-order valence-electron chi connectivity index (χ4n) is 4.82. The van der Waals surface area contributed by atoms with E-state index >= 15 is 0 Å². The molecule has 0 spiro atoms. The van der Waals surface area contributed by atoms with Gasteiger partial charge in [0.2, 0.25) is 0 Å². The first-order valence-corrected chi connectivity index (χ1v) is 11.6. The fourth-order valence-corrected chi connectivity index (χ4v) is 4.82. The Labute approximate surface area is 186 Å². The Morgan fingerprint density at radius 2 is 1.87 bits per heavy atom. The number of likely N-dealkylation sites (tertiary alicyclic amines) is 1. The zero-order valence-electron chi connectivity index (χ0n) is 18.9. The number of carbonyl (C=O) groups excluding carboxylic acids is 1. The molecule has 2 aromatic carbocycles. The van der Waals surface area contributed by atoms with Crippen LogP contribution in [0.2, 0.25) is 0 Å². The molecule has 4 rings (SSSR count). The number of fused-ring (bicyclic) bond motifs is 1. The van der Waals surface area contributed by atoms with E-state index in [2.05, 4.69) is 40.4 Å². The summed E-state index contributed by atoms with van der Waals surface area (Å²) in [6.07, 6.45) is 6.10. The van der Waals surface area contributed by atoms with Gasteiger partial charge in [-0.3, -0.25) is 9.69 Å². The first-order valence-electron chi connectivity index (χ1n) is 11.6. The molecular formula is C26H35N3O2. The number of ether oxygens (including phenoxy) is 1. The second-order valence-corrected chi connectivity index (χ2v) is 8.88. The minimum absolute atomic E-state index is 0.0482. The van der Waals surface area contributed by atoms with Gasteiger partial charge in [0.1, 0.15) is 5.75 Å². The van der Waals surface area contributed by atoms with Crippen LogP contribution in [0.25, 0.3) is 0 Å². The van der Waals surface area contributed by atoms with Gasteiger partial charge in [-0.2, -0.15) is 0 Å². The van der Waals surface area contributed by atoms with Gasteiger partial charge in [0, 0.05) is 25.8 Å². The van der Waals surface area contributed by atoms with Gasteiger partial charge < -0.3 is 15.0 Å². The van der Waals surface area contributed by atoms with Crippen molar-refractivity contribution in [3.05, 3.63) is 59.2 Å². The molecule has 2 aromatic rings. The predicted molar refractivity (Wildman–Crippen MR) is 126 cm³/mol. The maximum absolute atomic E-state index is 12.6. The molecule has 2 heterocycles. The van der Waals surface area contributed by atoms with Crippen LogP contribution in [0, 0.1) is 6.92 Å². The number of aryl methyl sites for hydroxylation is 2. The molecule has 1 saturated heterocycles. The highest BCUT2D eigenvalue weighted by Gasteiger charge is 2.24. The summed E-state index contributed by atoms with van der Waals surface area (Å²) in [5.74, 6) is 0.701. The maximum Gasteiger partial charge on any atom is 0.258 e. The number of anilines is 1. The smallest absolute Gasteiger partial charge is 0.258 e. The van der Waals surface area contributed by atoms with Crippen LogP contribution in [-0.2, 0) is 11.2 Å². The summed E-state index contributed by atoms with van der Waals surface area (Å²) in [4.78, 5) is 17.5. The van der Waals surface area contributed by atoms with Crippen molar-refractivity contribution in [2.45, 2.75) is 45.1 Å². The zero-order chi connectivity index (χ0) is 21.6. The summed E-state index contributed by atoms with van der Waals surface area (Å²) >= 11 is 0. The number of para-hydroxylation sites is 1. The van der Waals surface area contributed by atoms with Crippen molar-refractivity contribution in [2.24, 2.45) is 0 Å². The molecule has 1 N–H and O–H groups in total. The van der Waals surface area contributed by atoms with Crippen LogP contribution in [0.3, 0.4) is 0 Å². The fraction of sp³-hybridized carbons (Fsp3) is 0.500. The normalized spacial score (nSPS) is 17.7. The van der Waals surface area contributed by atoms with E-state index in [0.717, 1.165) is 37.4 Å². The number of hydrogen-bond acceptors (Lipinski definition) is 4. The Hall–Kier alpha value is -2.53. The van der Waals surface area contributed by atoms with Gasteiger partial charge in [0.05, 0.1) is 6.04 Å². The van der Waals surface area contributed by atoms with Crippen molar-refractivity contribution in [1.82, 2.24) is 10.2 Å². The molecule has 0 bridgehead atoms. The maximum atomic E-state index is 12.6. The van der Waals surface area contributed by atoms with Gasteiger partial charge in [-0.05, 0) is 74.5 Å². The third-order valence-corrected chi connectivity index (χ3v) is 6.62. The molecule has 5 heteroatoms. The summed E-state index contributed by atoms with van der Waals surface area (Å²) in [6.45, 7) is 5.97. The topological polar surface area (TPSA) is 44.8 Å². The highest BCUT2D eigenvalue weighted by Crippen LogP contribution is 2.31. The molecule has 31 heavy (non-hydrogen) atoms. The number of piperidine rings is 1. The first-order chi connectivity index (χ1) is 15.1. The van der Waals surface area contributed by atoms with Crippen molar-refractivity contribution >= 4 is 11.6 Å². The van der Waals surface area contributed by atoms with Crippen LogP contribution in [-0.4, -0.2) is 50.6 Å². The first kappa shape index (κ1) is 21.7. The summed E-state index contributed by atoms with van der Waals surface area (Å²) in [5.41, 5.74) is 5.14. The summed E-state index contributed by atoms with van der Waals surface area (Å²) < 4.78 is 5.74. The Balaban J connectivity index is 1.43. The van der Waals surface area contributed by atoms with Gasteiger partial charge in [-0.15, -0.1) is 0 Å². The van der Waals surface area contributed by atoms with E-state index in [1.54, 1.807) is 0 Å². The molecule has 2 aliphatic rings. The van der Waals surface area contributed by atoms with E-state index < -0.39 is 0 Å². The average Bonchev–Trinajstić information content (AvgIpc) is 2.79. The molecule has 0 radical (unpaired) electrons. The van der Waals surface area contributed by atoms with E-state index in [1.807, 2.05) is 31.2 Å². The van der Waals surface area contributed by atoms with Crippen molar-refractivity contribution in [3.63, 3.8) is 0 Å². The molecule has 0 aliphatic carbocycles. The minimum Gasteiger partial charge on any atom is -0.484 e. The van der Waals surface area contributed by atoms with Gasteiger partial charge in [-0.1, -0.05) is 36.8 Å². The third-order valence-electron chi connectivity index (χ3n) is 6.62. The lowest BCUT2D eigenvalue weighted by molar-refractivity contribution is -0.123. The van der Waals surface area contributed by atoms with Crippen LogP contribution in [0.1, 0.15) is 48.4 Å². The number of amides is 1. The van der Waals surface area contributed by atoms with E-state index in [-0.39, 0.29) is 18.6 Å². The van der Waals surface area contributed by atoms with Crippen molar-refractivity contribution in [3.8, 4) is 5.75 Å². The molecule has 5 nitrogen and oxygen atoms in total. The van der Waals surface area contributed by atoms with Gasteiger partial charge in [0.15, 0.2) is 6.61 Å². The number of benzene rings is 2. The van der Waals surface area contributed by atoms with Gasteiger partial charge in [-0.25, -0.2) is 0 Å². The van der Waals surface area contributed by atoms with Crippen molar-refractivity contribution in [2.75, 3.05) is 44.7 Å². The largest absolute Gasteiger partial charge is 0.484 e.